The molecule has 3 aromatic heterocycles. The van der Waals surface area contributed by atoms with Crippen molar-refractivity contribution in [3.8, 4) is 0 Å². The average molecular weight is 384 g/mol. The maximum atomic E-state index is 4.78. The second kappa shape index (κ2) is 5.61. The second-order valence-electron chi connectivity index (χ2n) is 7.54. The van der Waals surface area contributed by atoms with Crippen molar-refractivity contribution in [2.24, 2.45) is 0 Å². The van der Waals surface area contributed by atoms with Crippen LogP contribution < -0.4 is 0 Å². The van der Waals surface area contributed by atoms with Crippen LogP contribution in [0.15, 0.2) is 72.8 Å². The van der Waals surface area contributed by atoms with E-state index in [1.54, 1.807) is 0 Å². The summed E-state index contributed by atoms with van der Waals surface area (Å²) in [5.74, 6) is 0. The molecule has 0 spiro atoms. The Kier molecular flexibility index (Phi) is 2.91. The highest BCUT2D eigenvalue weighted by Crippen LogP contribution is 2.30. The monoisotopic (exact) mass is 384 g/mol. The fraction of sp³-hybridized carbons (Fsp3) is 0. The first-order chi connectivity index (χ1) is 14.8. The molecule has 0 bridgehead atoms. The molecule has 0 saturated heterocycles. The minimum atomic E-state index is 0.447. The smallest absolute Gasteiger partial charge is 0.206 e. The average Bonchev–Trinajstić information content (AvgIpc) is 2.77. The van der Waals surface area contributed by atoms with Crippen LogP contribution in [0, 0.1) is 0 Å². The van der Waals surface area contributed by atoms with Crippen LogP contribution in [0.3, 0.4) is 0 Å². The number of hydrogen-bond donors (Lipinski definition) is 0. The van der Waals surface area contributed by atoms with Crippen molar-refractivity contribution in [2.45, 2.75) is 0 Å². The molecule has 0 fully saturated rings. The maximum absolute atomic E-state index is 4.78. The van der Waals surface area contributed by atoms with Gasteiger partial charge in [-0.1, -0.05) is 24.3 Å². The Bertz CT molecular complexity index is 1550. The molecule has 4 aromatic carbocycles. The Morgan fingerprint density at radius 1 is 0.400 bits per heavy atom. The summed E-state index contributed by atoms with van der Waals surface area (Å²) in [6.45, 7) is 0. The van der Waals surface area contributed by atoms with Gasteiger partial charge >= 0.3 is 0 Å². The molecule has 0 saturated carbocycles. The predicted molar refractivity (Wildman–Crippen MR) is 118 cm³/mol. The van der Waals surface area contributed by atoms with Gasteiger partial charge in [0.2, 0.25) is 5.65 Å². The van der Waals surface area contributed by atoms with Gasteiger partial charge in [-0.05, 0) is 91.3 Å². The molecule has 0 atom stereocenters. The van der Waals surface area contributed by atoms with Gasteiger partial charge in [0.15, 0.2) is 5.65 Å². The van der Waals surface area contributed by atoms with Crippen LogP contribution in [0.2, 0.25) is 0 Å². The Labute approximate surface area is 169 Å². The van der Waals surface area contributed by atoms with E-state index in [0.717, 1.165) is 21.7 Å². The summed E-state index contributed by atoms with van der Waals surface area (Å²) in [6, 6.07) is 25.7. The highest BCUT2D eigenvalue weighted by atomic mass is 15.4. The lowest BCUT2D eigenvalue weighted by Crippen LogP contribution is -1.96. The van der Waals surface area contributed by atoms with E-state index in [9.17, 15) is 0 Å². The molecule has 0 aliphatic rings. The van der Waals surface area contributed by atoms with Gasteiger partial charge in [-0.15, -0.1) is 10.2 Å². The Balaban J connectivity index is 1.54. The van der Waals surface area contributed by atoms with Crippen molar-refractivity contribution in [3.63, 3.8) is 0 Å². The summed E-state index contributed by atoms with van der Waals surface area (Å²) in [5.41, 5.74) is 2.58. The summed E-state index contributed by atoms with van der Waals surface area (Å²) in [6.07, 6.45) is 0. The number of pyridine rings is 2. The SMILES string of the molecule is c1ccc2cc3cc4cc5nc6nc7nnnnc7cc6cc5cc4cc3cc2c1. The molecule has 7 rings (SSSR count). The highest BCUT2D eigenvalue weighted by Gasteiger charge is 2.08. The van der Waals surface area contributed by atoms with E-state index in [1.807, 2.05) is 6.07 Å². The van der Waals surface area contributed by atoms with E-state index in [4.69, 9.17) is 4.98 Å². The number of benzene rings is 4. The zero-order valence-corrected chi connectivity index (χ0v) is 15.6. The van der Waals surface area contributed by atoms with Crippen LogP contribution in [0.25, 0.3) is 65.4 Å². The van der Waals surface area contributed by atoms with Crippen LogP contribution in [0.5, 0.6) is 0 Å². The van der Waals surface area contributed by atoms with E-state index >= 15 is 0 Å². The molecule has 0 unspecified atom stereocenters. The Hall–Kier alpha value is -4.32. The minimum Gasteiger partial charge on any atom is -0.228 e. The lowest BCUT2D eigenvalue weighted by Gasteiger charge is -2.07. The third-order valence-electron chi connectivity index (χ3n) is 5.67. The van der Waals surface area contributed by atoms with Gasteiger partial charge in [0.25, 0.3) is 0 Å². The van der Waals surface area contributed by atoms with Crippen molar-refractivity contribution >= 4 is 65.4 Å². The van der Waals surface area contributed by atoms with Crippen molar-refractivity contribution in [2.75, 3.05) is 0 Å². The van der Waals surface area contributed by atoms with Crippen molar-refractivity contribution < 1.29 is 0 Å². The topological polar surface area (TPSA) is 77.3 Å². The third-order valence-corrected chi connectivity index (χ3v) is 5.67. The number of fused-ring (bicyclic) bond motifs is 6. The molecule has 6 heteroatoms. The Morgan fingerprint density at radius 3 is 1.73 bits per heavy atom. The first-order valence-corrected chi connectivity index (χ1v) is 9.64. The molecule has 0 aliphatic carbocycles. The van der Waals surface area contributed by atoms with Crippen molar-refractivity contribution in [1.29, 1.82) is 0 Å². The van der Waals surface area contributed by atoms with Crippen molar-refractivity contribution in [3.05, 3.63) is 72.8 Å². The first-order valence-electron chi connectivity index (χ1n) is 9.64. The number of aromatic nitrogens is 6. The molecule has 3 heterocycles. The quantitative estimate of drug-likeness (QED) is 0.343. The Morgan fingerprint density at radius 2 is 0.967 bits per heavy atom. The maximum Gasteiger partial charge on any atom is 0.206 e. The molecule has 7 aromatic rings. The van der Waals surface area contributed by atoms with Gasteiger partial charge < -0.3 is 0 Å². The first kappa shape index (κ1) is 15.6. The molecule has 0 radical (unpaired) electrons. The van der Waals surface area contributed by atoms with Gasteiger partial charge in [-0.25, -0.2) is 9.97 Å². The van der Waals surface area contributed by atoms with E-state index < -0.39 is 0 Å². The summed E-state index contributed by atoms with van der Waals surface area (Å²) < 4.78 is 0. The van der Waals surface area contributed by atoms with E-state index in [1.165, 1.54) is 26.9 Å². The summed E-state index contributed by atoms with van der Waals surface area (Å²) >= 11 is 0. The van der Waals surface area contributed by atoms with Gasteiger partial charge in [-0.3, -0.25) is 0 Å². The number of rotatable bonds is 0. The molecule has 6 nitrogen and oxygen atoms in total. The zero-order valence-electron chi connectivity index (χ0n) is 15.6. The molecule has 0 aliphatic heterocycles. The number of nitrogens with zero attached hydrogens (tertiary/aromatic N) is 6. The molecule has 138 valence electrons. The normalized spacial score (nSPS) is 12.0. The van der Waals surface area contributed by atoms with Crippen LogP contribution in [-0.4, -0.2) is 30.6 Å². The van der Waals surface area contributed by atoms with Gasteiger partial charge in [0.1, 0.15) is 5.52 Å². The molecular formula is C24H12N6. The van der Waals surface area contributed by atoms with E-state index in [-0.39, 0.29) is 0 Å². The van der Waals surface area contributed by atoms with Gasteiger partial charge in [-0.2, -0.15) is 0 Å². The summed E-state index contributed by atoms with van der Waals surface area (Å²) in [5, 5.41) is 24.4. The fourth-order valence-corrected chi connectivity index (χ4v) is 4.22. The molecular weight excluding hydrogens is 372 g/mol. The van der Waals surface area contributed by atoms with E-state index in [2.05, 4.69) is 92.3 Å². The number of hydrogen-bond acceptors (Lipinski definition) is 6. The summed E-state index contributed by atoms with van der Waals surface area (Å²) in [4.78, 5) is 9.29. The molecule has 0 amide bonds. The summed E-state index contributed by atoms with van der Waals surface area (Å²) in [7, 11) is 0. The van der Waals surface area contributed by atoms with Gasteiger partial charge in [0.05, 0.1) is 5.52 Å². The van der Waals surface area contributed by atoms with Crippen LogP contribution in [-0.2, 0) is 0 Å². The zero-order chi connectivity index (χ0) is 19.7. The van der Waals surface area contributed by atoms with Crippen LogP contribution >= 0.6 is 0 Å². The van der Waals surface area contributed by atoms with Crippen molar-refractivity contribution in [1.82, 2.24) is 30.6 Å². The van der Waals surface area contributed by atoms with E-state index in [0.29, 0.717) is 16.8 Å². The third kappa shape index (κ3) is 2.24. The predicted octanol–water partition coefficient (Wildman–Crippen LogP) is 4.98. The fourth-order valence-electron chi connectivity index (χ4n) is 4.22. The minimum absolute atomic E-state index is 0.447. The molecule has 0 N–H and O–H groups in total. The lowest BCUT2D eigenvalue weighted by molar-refractivity contribution is 0.791. The molecule has 30 heavy (non-hydrogen) atoms. The standard InChI is InChI=1S/C24H12N6/c1-2-4-14-6-16-8-18-11-21-19(9-17(18)7-15(16)5-13(14)3-1)10-20-12-22-24(26-23(20)25-21)28-30-29-27-22/h1-12H. The van der Waals surface area contributed by atoms with Crippen LogP contribution in [0.4, 0.5) is 0 Å². The van der Waals surface area contributed by atoms with Gasteiger partial charge in [0, 0.05) is 10.8 Å². The van der Waals surface area contributed by atoms with Crippen LogP contribution in [0.1, 0.15) is 0 Å². The second-order valence-corrected chi connectivity index (χ2v) is 7.54. The highest BCUT2D eigenvalue weighted by molar-refractivity contribution is 6.08. The lowest BCUT2D eigenvalue weighted by atomic mass is 9.98. The largest absolute Gasteiger partial charge is 0.228 e.